The predicted octanol–water partition coefficient (Wildman–Crippen LogP) is 6.68. The van der Waals surface area contributed by atoms with Crippen LogP contribution in [0.2, 0.25) is 0 Å². The average molecular weight is 558 g/mol. The van der Waals surface area contributed by atoms with E-state index in [1.807, 2.05) is 60.7 Å². The minimum absolute atomic E-state index is 0.0185. The molecule has 6 rings (SSSR count). The fourth-order valence-electron chi connectivity index (χ4n) is 4.72. The van der Waals surface area contributed by atoms with Crippen LogP contribution in [0.15, 0.2) is 116 Å². The van der Waals surface area contributed by atoms with Crippen molar-refractivity contribution in [3.05, 3.63) is 137 Å². The van der Waals surface area contributed by atoms with Gasteiger partial charge in [-0.15, -0.1) is 0 Å². The first-order chi connectivity index (χ1) is 20.6. The molecule has 208 valence electrons. The SMILES string of the molecule is COc1ccc(Nc2nc(N(Cc3ccccc3)Cc3ccccc3)c3ncn(-c4cccc([N+](=O)[O-])c4)c3n2)cc1. The molecule has 0 aliphatic rings. The van der Waals surface area contributed by atoms with Crippen molar-refractivity contribution >= 4 is 34.3 Å². The minimum Gasteiger partial charge on any atom is -0.497 e. The Morgan fingerprint density at radius 3 is 2.14 bits per heavy atom. The predicted molar refractivity (Wildman–Crippen MR) is 162 cm³/mol. The first kappa shape index (κ1) is 26.5. The van der Waals surface area contributed by atoms with E-state index < -0.39 is 4.92 Å². The van der Waals surface area contributed by atoms with Gasteiger partial charge in [-0.1, -0.05) is 66.7 Å². The molecule has 0 fully saturated rings. The Bertz CT molecular complexity index is 1780. The van der Waals surface area contributed by atoms with Crippen LogP contribution in [0.3, 0.4) is 0 Å². The number of imidazole rings is 1. The quantitative estimate of drug-likeness (QED) is 0.147. The normalized spacial score (nSPS) is 10.9. The van der Waals surface area contributed by atoms with Gasteiger partial charge in [-0.2, -0.15) is 9.97 Å². The Kier molecular flexibility index (Phi) is 7.41. The summed E-state index contributed by atoms with van der Waals surface area (Å²) < 4.78 is 7.04. The number of rotatable bonds is 10. The molecule has 0 radical (unpaired) electrons. The van der Waals surface area contributed by atoms with Gasteiger partial charge in [0.05, 0.1) is 17.7 Å². The second-order valence-corrected chi connectivity index (χ2v) is 9.62. The van der Waals surface area contributed by atoms with Gasteiger partial charge < -0.3 is 15.0 Å². The number of hydrogen-bond acceptors (Lipinski definition) is 8. The standard InChI is InChI=1S/C32H27N7O3/c1-42-28-17-15-25(16-18-28)34-32-35-30(37(20-23-9-4-2-5-10-23)21-24-11-6-3-7-12-24)29-31(36-32)38(22-33-29)26-13-8-14-27(19-26)39(40)41/h2-19,22H,20-21H2,1H3,(H,34,35,36). The van der Waals surface area contributed by atoms with Gasteiger partial charge in [-0.05, 0) is 41.5 Å². The van der Waals surface area contributed by atoms with Gasteiger partial charge in [-0.3, -0.25) is 14.7 Å². The number of nitrogens with zero attached hydrogens (tertiary/aromatic N) is 6. The molecule has 0 bridgehead atoms. The first-order valence-electron chi connectivity index (χ1n) is 13.3. The van der Waals surface area contributed by atoms with Crippen LogP contribution in [0.1, 0.15) is 11.1 Å². The topological polar surface area (TPSA) is 111 Å². The summed E-state index contributed by atoms with van der Waals surface area (Å²) in [5.41, 5.74) is 4.65. The fourth-order valence-corrected chi connectivity index (χ4v) is 4.72. The summed E-state index contributed by atoms with van der Waals surface area (Å²) in [6.45, 7) is 1.15. The van der Waals surface area contributed by atoms with Crippen LogP contribution in [-0.2, 0) is 13.1 Å². The molecule has 2 aromatic heterocycles. The minimum atomic E-state index is -0.416. The van der Waals surface area contributed by atoms with E-state index in [1.54, 1.807) is 30.1 Å². The maximum absolute atomic E-state index is 11.5. The lowest BCUT2D eigenvalue weighted by atomic mass is 10.1. The number of aromatic nitrogens is 4. The molecule has 0 unspecified atom stereocenters. The molecule has 6 aromatic rings. The number of ether oxygens (including phenoxy) is 1. The summed E-state index contributed by atoms with van der Waals surface area (Å²) in [6.07, 6.45) is 1.63. The van der Waals surface area contributed by atoms with Crippen molar-refractivity contribution in [2.75, 3.05) is 17.3 Å². The summed E-state index contributed by atoms with van der Waals surface area (Å²) in [7, 11) is 1.62. The molecule has 0 atom stereocenters. The van der Waals surface area contributed by atoms with Gasteiger partial charge in [0.2, 0.25) is 5.95 Å². The summed E-state index contributed by atoms with van der Waals surface area (Å²) in [4.78, 5) is 27.8. The highest BCUT2D eigenvalue weighted by molar-refractivity contribution is 5.86. The number of benzene rings is 4. The summed E-state index contributed by atoms with van der Waals surface area (Å²) in [5, 5.41) is 14.8. The molecule has 42 heavy (non-hydrogen) atoms. The molecule has 10 nitrogen and oxygen atoms in total. The number of non-ortho nitro benzene ring substituents is 1. The maximum atomic E-state index is 11.5. The number of nitro groups is 1. The second-order valence-electron chi connectivity index (χ2n) is 9.62. The lowest BCUT2D eigenvalue weighted by molar-refractivity contribution is -0.384. The van der Waals surface area contributed by atoms with Gasteiger partial charge in [0.25, 0.3) is 5.69 Å². The monoisotopic (exact) mass is 557 g/mol. The molecule has 0 aliphatic heterocycles. The van der Waals surface area contributed by atoms with E-state index in [-0.39, 0.29) is 5.69 Å². The number of nitro benzene ring substituents is 1. The molecule has 2 heterocycles. The zero-order valence-corrected chi connectivity index (χ0v) is 22.8. The van der Waals surface area contributed by atoms with E-state index in [0.29, 0.717) is 41.7 Å². The van der Waals surface area contributed by atoms with E-state index in [9.17, 15) is 10.1 Å². The van der Waals surface area contributed by atoms with E-state index in [4.69, 9.17) is 19.7 Å². The molecule has 10 heteroatoms. The van der Waals surface area contributed by atoms with Crippen LogP contribution in [-0.4, -0.2) is 31.6 Å². The van der Waals surface area contributed by atoms with Gasteiger partial charge in [-0.25, -0.2) is 4.98 Å². The number of nitrogens with one attached hydrogen (secondary N) is 1. The number of methoxy groups -OCH3 is 1. The highest BCUT2D eigenvalue weighted by Crippen LogP contribution is 2.31. The van der Waals surface area contributed by atoms with Gasteiger partial charge in [0.1, 0.15) is 12.1 Å². The summed E-state index contributed by atoms with van der Waals surface area (Å²) in [6, 6.07) is 34.2. The Balaban J connectivity index is 1.51. The molecular formula is C32H27N7O3. The van der Waals surface area contributed by atoms with Gasteiger partial charge in [0.15, 0.2) is 17.0 Å². The smallest absolute Gasteiger partial charge is 0.271 e. The van der Waals surface area contributed by atoms with Crippen molar-refractivity contribution in [1.29, 1.82) is 0 Å². The lowest BCUT2D eigenvalue weighted by Crippen LogP contribution is -2.24. The van der Waals surface area contributed by atoms with E-state index in [0.717, 1.165) is 22.6 Å². The third-order valence-corrected chi connectivity index (χ3v) is 6.77. The molecule has 4 aromatic carbocycles. The Morgan fingerprint density at radius 2 is 1.52 bits per heavy atom. The number of fused-ring (bicyclic) bond motifs is 1. The van der Waals surface area contributed by atoms with Crippen molar-refractivity contribution in [2.24, 2.45) is 0 Å². The molecule has 0 saturated heterocycles. The largest absolute Gasteiger partial charge is 0.497 e. The summed E-state index contributed by atoms with van der Waals surface area (Å²) in [5.74, 6) is 1.73. The molecule has 0 amide bonds. The molecule has 0 spiro atoms. The highest BCUT2D eigenvalue weighted by atomic mass is 16.6. The average Bonchev–Trinajstić information content (AvgIpc) is 3.46. The van der Waals surface area contributed by atoms with Crippen molar-refractivity contribution in [3.63, 3.8) is 0 Å². The van der Waals surface area contributed by atoms with Crippen LogP contribution in [0.4, 0.5) is 23.1 Å². The van der Waals surface area contributed by atoms with Crippen LogP contribution in [0.5, 0.6) is 5.75 Å². The maximum Gasteiger partial charge on any atom is 0.271 e. The van der Waals surface area contributed by atoms with Crippen LogP contribution < -0.4 is 15.0 Å². The zero-order valence-electron chi connectivity index (χ0n) is 22.8. The third-order valence-electron chi connectivity index (χ3n) is 6.77. The third kappa shape index (κ3) is 5.73. The first-order valence-corrected chi connectivity index (χ1v) is 13.3. The molecular weight excluding hydrogens is 530 g/mol. The van der Waals surface area contributed by atoms with Crippen molar-refractivity contribution in [1.82, 2.24) is 19.5 Å². The second kappa shape index (κ2) is 11.8. The number of hydrogen-bond donors (Lipinski definition) is 1. The van der Waals surface area contributed by atoms with Crippen LogP contribution in [0.25, 0.3) is 16.9 Å². The van der Waals surface area contributed by atoms with E-state index in [1.165, 1.54) is 12.1 Å². The van der Waals surface area contributed by atoms with Gasteiger partial charge in [0, 0.05) is 30.9 Å². The van der Waals surface area contributed by atoms with Crippen LogP contribution >= 0.6 is 0 Å². The van der Waals surface area contributed by atoms with Gasteiger partial charge >= 0.3 is 0 Å². The Morgan fingerprint density at radius 1 is 0.857 bits per heavy atom. The molecule has 0 saturated carbocycles. The fraction of sp³-hybridized carbons (Fsp3) is 0.0938. The lowest BCUT2D eigenvalue weighted by Gasteiger charge is -2.25. The van der Waals surface area contributed by atoms with Crippen molar-refractivity contribution in [2.45, 2.75) is 13.1 Å². The highest BCUT2D eigenvalue weighted by Gasteiger charge is 2.21. The Labute approximate surface area is 242 Å². The molecule has 1 N–H and O–H groups in total. The number of anilines is 3. The van der Waals surface area contributed by atoms with Crippen molar-refractivity contribution in [3.8, 4) is 11.4 Å². The van der Waals surface area contributed by atoms with E-state index >= 15 is 0 Å². The summed E-state index contributed by atoms with van der Waals surface area (Å²) >= 11 is 0. The zero-order chi connectivity index (χ0) is 28.9. The Hall–Kier alpha value is -5.77. The molecule has 0 aliphatic carbocycles. The van der Waals surface area contributed by atoms with Crippen molar-refractivity contribution < 1.29 is 9.66 Å². The van der Waals surface area contributed by atoms with E-state index in [2.05, 4.69) is 34.5 Å². The van der Waals surface area contributed by atoms with Crippen LogP contribution in [0, 0.1) is 10.1 Å².